The zero-order valence-electron chi connectivity index (χ0n) is 18.2. The van der Waals surface area contributed by atoms with Crippen molar-refractivity contribution in [3.05, 3.63) is 57.9 Å². The van der Waals surface area contributed by atoms with Gasteiger partial charge in [-0.05, 0) is 39.8 Å². The topological polar surface area (TPSA) is 97.4 Å². The summed E-state index contributed by atoms with van der Waals surface area (Å²) < 4.78 is 73.2. The van der Waals surface area contributed by atoms with Crippen molar-refractivity contribution in [1.29, 1.82) is 0 Å². The molecule has 0 aliphatic rings. The van der Waals surface area contributed by atoms with Crippen LogP contribution < -0.4 is 10.6 Å². The van der Waals surface area contributed by atoms with Crippen molar-refractivity contribution < 1.29 is 41.1 Å². The average molecular weight is 508 g/mol. The third-order valence-electron chi connectivity index (χ3n) is 4.09. The number of nitrogens with zero attached hydrogens (tertiary/aromatic N) is 1. The van der Waals surface area contributed by atoms with E-state index in [1.807, 2.05) is 0 Å². The van der Waals surface area contributed by atoms with Gasteiger partial charge in [0.25, 0.3) is 0 Å². The van der Waals surface area contributed by atoms with Crippen LogP contribution in [0.3, 0.4) is 0 Å². The Morgan fingerprint density at radius 2 is 1.62 bits per heavy atom. The smallest absolute Gasteiger partial charge is 0.434 e. The summed E-state index contributed by atoms with van der Waals surface area (Å²) in [7, 11) is 0. The number of benzene rings is 1. The monoisotopic (exact) mass is 507 g/mol. The van der Waals surface area contributed by atoms with Gasteiger partial charge in [0.05, 0.1) is 28.0 Å². The van der Waals surface area contributed by atoms with Crippen LogP contribution in [0.5, 0.6) is 0 Å². The van der Waals surface area contributed by atoms with Crippen molar-refractivity contribution in [3.8, 4) is 0 Å². The van der Waals surface area contributed by atoms with Crippen molar-refractivity contribution in [2.24, 2.45) is 0 Å². The molecule has 0 saturated heterocycles. The van der Waals surface area contributed by atoms with E-state index in [-0.39, 0.29) is 0 Å². The van der Waals surface area contributed by atoms with Gasteiger partial charge in [0.1, 0.15) is 23.3 Å². The van der Waals surface area contributed by atoms with E-state index in [1.54, 1.807) is 20.8 Å². The maximum Gasteiger partial charge on any atom is 0.434 e. The van der Waals surface area contributed by atoms with Crippen LogP contribution >= 0.6 is 11.6 Å². The normalized spacial score (nSPS) is 12.6. The van der Waals surface area contributed by atoms with Crippen LogP contribution in [0.2, 0.25) is 5.02 Å². The van der Waals surface area contributed by atoms with Gasteiger partial charge in [-0.25, -0.2) is 18.6 Å². The van der Waals surface area contributed by atoms with E-state index in [9.17, 15) is 36.3 Å². The van der Waals surface area contributed by atoms with Gasteiger partial charge in [-0.3, -0.25) is 9.59 Å². The van der Waals surface area contributed by atoms with Crippen molar-refractivity contribution in [3.63, 3.8) is 0 Å². The minimum Gasteiger partial charge on any atom is -0.444 e. The van der Waals surface area contributed by atoms with Crippen LogP contribution in [0.15, 0.2) is 24.4 Å². The third-order valence-corrected chi connectivity index (χ3v) is 4.46. The summed E-state index contributed by atoms with van der Waals surface area (Å²) >= 11 is 5.78. The largest absolute Gasteiger partial charge is 0.444 e. The standard InChI is InChI=1S/C21H19ClF5N3O4/c1-9(29-19(33)34-20(2,3)4)18(32)30-12-8-28-17(21(25,26)27)15(22)14(12)16(31)13-10(23)6-5-7-11(13)24/h5-9H,1-4H3,(H,29,33)(H,30,32). The Bertz CT molecular complexity index is 1110. The SMILES string of the molecule is CC(NC(=O)OC(C)(C)C)C(=O)Nc1cnc(C(F)(F)F)c(Cl)c1C(=O)c1c(F)cccc1F. The van der Waals surface area contributed by atoms with Gasteiger partial charge >= 0.3 is 12.3 Å². The number of rotatable bonds is 5. The highest BCUT2D eigenvalue weighted by Crippen LogP contribution is 2.38. The molecule has 2 rings (SSSR count). The summed E-state index contributed by atoms with van der Waals surface area (Å²) in [6, 6.07) is 1.09. The average Bonchev–Trinajstić information content (AvgIpc) is 2.65. The molecule has 0 bridgehead atoms. The van der Waals surface area contributed by atoms with Gasteiger partial charge < -0.3 is 15.4 Å². The second-order valence-corrected chi connectivity index (χ2v) is 8.37. The fraction of sp³-hybridized carbons (Fsp3) is 0.333. The molecule has 2 amide bonds. The lowest BCUT2D eigenvalue weighted by Crippen LogP contribution is -2.44. The molecule has 1 heterocycles. The van der Waals surface area contributed by atoms with E-state index in [0.29, 0.717) is 6.20 Å². The fourth-order valence-electron chi connectivity index (χ4n) is 2.63. The van der Waals surface area contributed by atoms with Crippen LogP contribution in [0, 0.1) is 11.6 Å². The molecule has 0 fully saturated rings. The van der Waals surface area contributed by atoms with E-state index < -0.39 is 74.8 Å². The molecule has 34 heavy (non-hydrogen) atoms. The van der Waals surface area contributed by atoms with Crippen molar-refractivity contribution in [2.45, 2.75) is 45.5 Å². The molecule has 1 aromatic heterocycles. The summed E-state index contributed by atoms with van der Waals surface area (Å²) in [5, 5.41) is 3.02. The van der Waals surface area contributed by atoms with Crippen LogP contribution in [0.1, 0.15) is 49.3 Å². The van der Waals surface area contributed by atoms with E-state index in [4.69, 9.17) is 16.3 Å². The summed E-state index contributed by atoms with van der Waals surface area (Å²) in [5.41, 5.74) is -5.46. The van der Waals surface area contributed by atoms with Gasteiger partial charge in [-0.2, -0.15) is 13.2 Å². The molecule has 7 nitrogen and oxygen atoms in total. The number of halogens is 6. The van der Waals surface area contributed by atoms with Crippen molar-refractivity contribution in [2.75, 3.05) is 5.32 Å². The number of anilines is 1. The quantitative estimate of drug-likeness (QED) is 0.433. The Balaban J connectivity index is 2.49. The molecule has 184 valence electrons. The highest BCUT2D eigenvalue weighted by molar-refractivity contribution is 6.36. The van der Waals surface area contributed by atoms with E-state index in [0.717, 1.165) is 18.2 Å². The minimum atomic E-state index is -5.12. The second kappa shape index (κ2) is 9.92. The highest BCUT2D eigenvalue weighted by atomic mass is 35.5. The summed E-state index contributed by atoms with van der Waals surface area (Å²) in [6.45, 7) is 5.95. The number of ketones is 1. The van der Waals surface area contributed by atoms with Gasteiger partial charge in [0.2, 0.25) is 11.7 Å². The molecule has 0 aliphatic carbocycles. The number of carbonyl (C=O) groups excluding carboxylic acids is 3. The zero-order valence-corrected chi connectivity index (χ0v) is 19.0. The van der Waals surface area contributed by atoms with Crippen LogP contribution in [0.4, 0.5) is 32.4 Å². The summed E-state index contributed by atoms with van der Waals surface area (Å²) in [5.74, 6) is -5.28. The number of alkyl carbamates (subject to hydrolysis) is 1. The van der Waals surface area contributed by atoms with Crippen molar-refractivity contribution >= 4 is 35.1 Å². The van der Waals surface area contributed by atoms with E-state index in [1.165, 1.54) is 6.92 Å². The first kappa shape index (κ1) is 27.0. The Morgan fingerprint density at radius 1 is 1.06 bits per heavy atom. The number of carbonyl (C=O) groups is 3. The molecule has 2 N–H and O–H groups in total. The van der Waals surface area contributed by atoms with Crippen molar-refractivity contribution in [1.82, 2.24) is 10.3 Å². The Hall–Kier alpha value is -3.28. The highest BCUT2D eigenvalue weighted by Gasteiger charge is 2.39. The molecule has 0 radical (unpaired) electrons. The predicted octanol–water partition coefficient (Wildman–Crippen LogP) is 5.11. The summed E-state index contributed by atoms with van der Waals surface area (Å²) in [4.78, 5) is 40.4. The van der Waals surface area contributed by atoms with Gasteiger partial charge in [-0.15, -0.1) is 0 Å². The first-order chi connectivity index (χ1) is 15.5. The van der Waals surface area contributed by atoms with E-state index >= 15 is 0 Å². The number of hydrogen-bond donors (Lipinski definition) is 2. The molecule has 13 heteroatoms. The molecule has 0 spiro atoms. The van der Waals surface area contributed by atoms with Crippen LogP contribution in [-0.2, 0) is 15.7 Å². The Kier molecular flexibility index (Phi) is 7.87. The van der Waals surface area contributed by atoms with E-state index in [2.05, 4.69) is 15.6 Å². The number of ether oxygens (including phenoxy) is 1. The lowest BCUT2D eigenvalue weighted by atomic mass is 10.00. The predicted molar refractivity (Wildman–Crippen MR) is 112 cm³/mol. The fourth-order valence-corrected chi connectivity index (χ4v) is 2.98. The Labute approximate surface area is 195 Å². The minimum absolute atomic E-state index is 0.471. The molecule has 1 aromatic carbocycles. The first-order valence-electron chi connectivity index (χ1n) is 9.57. The zero-order chi connectivity index (χ0) is 26.0. The summed E-state index contributed by atoms with van der Waals surface area (Å²) in [6.07, 6.45) is -5.62. The molecular weight excluding hydrogens is 489 g/mol. The number of aromatic nitrogens is 1. The number of alkyl halides is 3. The second-order valence-electron chi connectivity index (χ2n) is 7.99. The lowest BCUT2D eigenvalue weighted by Gasteiger charge is -2.22. The molecule has 1 unspecified atom stereocenters. The molecule has 0 saturated carbocycles. The lowest BCUT2D eigenvalue weighted by molar-refractivity contribution is -0.141. The van der Waals surface area contributed by atoms with Gasteiger partial charge in [0, 0.05) is 0 Å². The molecule has 1 atom stereocenters. The third kappa shape index (κ3) is 6.40. The number of nitrogens with one attached hydrogen (secondary N) is 2. The maximum absolute atomic E-state index is 14.2. The molecule has 0 aliphatic heterocycles. The molecular formula is C21H19ClF5N3O4. The number of hydrogen-bond acceptors (Lipinski definition) is 5. The number of amides is 2. The maximum atomic E-state index is 14.2. The van der Waals surface area contributed by atoms with Crippen LogP contribution in [-0.4, -0.2) is 34.4 Å². The van der Waals surface area contributed by atoms with Gasteiger partial charge in [0.15, 0.2) is 5.69 Å². The first-order valence-corrected chi connectivity index (χ1v) is 9.95. The van der Waals surface area contributed by atoms with Crippen LogP contribution in [0.25, 0.3) is 0 Å². The molecule has 2 aromatic rings. The van der Waals surface area contributed by atoms with Gasteiger partial charge in [-0.1, -0.05) is 17.7 Å². The number of pyridine rings is 1. The Morgan fingerprint density at radius 3 is 2.12 bits per heavy atom.